The molecule has 0 saturated carbocycles. The SMILES string of the molecule is CCOC(=O)c1[nH]c2ccccc2c(=O)c1C[NH+]1CCC[C@H](C)C1. The average molecular weight is 329 g/mol. The van der Waals surface area contributed by atoms with Crippen LogP contribution >= 0.6 is 0 Å². The fourth-order valence-electron chi connectivity index (χ4n) is 3.63. The Labute approximate surface area is 141 Å². The summed E-state index contributed by atoms with van der Waals surface area (Å²) in [5.74, 6) is 0.208. The summed E-state index contributed by atoms with van der Waals surface area (Å²) in [4.78, 5) is 29.8. The smallest absolute Gasteiger partial charge is 0.355 e. The molecule has 1 aliphatic heterocycles. The van der Waals surface area contributed by atoms with E-state index in [9.17, 15) is 9.59 Å². The number of aromatic amines is 1. The minimum Gasteiger partial charge on any atom is -0.461 e. The molecule has 1 fully saturated rings. The molecule has 2 heterocycles. The van der Waals surface area contributed by atoms with E-state index < -0.39 is 5.97 Å². The second-order valence-corrected chi connectivity index (χ2v) is 6.70. The lowest BCUT2D eigenvalue weighted by molar-refractivity contribution is -0.922. The Hall–Kier alpha value is -2.14. The zero-order valence-corrected chi connectivity index (χ0v) is 14.4. The number of esters is 1. The third-order valence-electron chi connectivity index (χ3n) is 4.78. The number of piperidine rings is 1. The third-order valence-corrected chi connectivity index (χ3v) is 4.78. The van der Waals surface area contributed by atoms with E-state index in [4.69, 9.17) is 4.74 Å². The minimum absolute atomic E-state index is 0.0573. The van der Waals surface area contributed by atoms with Crippen LogP contribution in [-0.2, 0) is 11.3 Å². The summed E-state index contributed by atoms with van der Waals surface area (Å²) in [6.07, 6.45) is 2.40. The van der Waals surface area contributed by atoms with Crippen molar-refractivity contribution >= 4 is 16.9 Å². The zero-order valence-electron chi connectivity index (χ0n) is 14.4. The number of H-pyrrole nitrogens is 1. The van der Waals surface area contributed by atoms with E-state index in [1.54, 1.807) is 13.0 Å². The topological polar surface area (TPSA) is 63.6 Å². The number of fused-ring (bicyclic) bond motifs is 1. The van der Waals surface area contributed by atoms with Gasteiger partial charge in [-0.1, -0.05) is 19.1 Å². The maximum atomic E-state index is 13.0. The number of ether oxygens (including phenoxy) is 1. The molecule has 0 aliphatic carbocycles. The standard InChI is InChI=1S/C19H24N2O3/c1-3-24-19(23)17-15(12-21-10-6-7-13(2)11-21)18(22)14-8-4-5-9-16(14)20-17/h4-5,8-9,13H,3,6-7,10-12H2,1-2H3,(H,20,22)/p+1/t13-/m0/s1. The van der Waals surface area contributed by atoms with Crippen molar-refractivity contribution < 1.29 is 14.4 Å². The highest BCUT2D eigenvalue weighted by Crippen LogP contribution is 2.13. The van der Waals surface area contributed by atoms with E-state index in [2.05, 4.69) is 11.9 Å². The molecule has 0 radical (unpaired) electrons. The third kappa shape index (κ3) is 3.36. The molecule has 2 aromatic rings. The van der Waals surface area contributed by atoms with Gasteiger partial charge in [-0.05, 0) is 31.9 Å². The number of aromatic nitrogens is 1. The van der Waals surface area contributed by atoms with Crippen LogP contribution in [0.2, 0.25) is 0 Å². The summed E-state index contributed by atoms with van der Waals surface area (Å²) in [6.45, 7) is 6.96. The Kier molecular flexibility index (Phi) is 5.00. The maximum Gasteiger partial charge on any atom is 0.355 e. The quantitative estimate of drug-likeness (QED) is 0.836. The molecule has 1 aromatic heterocycles. The number of nitrogens with one attached hydrogen (secondary N) is 2. The highest BCUT2D eigenvalue weighted by atomic mass is 16.5. The van der Waals surface area contributed by atoms with Gasteiger partial charge < -0.3 is 14.6 Å². The normalized spacial score (nSPS) is 20.9. The van der Waals surface area contributed by atoms with Gasteiger partial charge >= 0.3 is 5.97 Å². The van der Waals surface area contributed by atoms with Crippen molar-refractivity contribution in [1.29, 1.82) is 0 Å². The molecule has 0 bridgehead atoms. The van der Waals surface area contributed by atoms with Crippen LogP contribution in [-0.4, -0.2) is 30.6 Å². The molecule has 24 heavy (non-hydrogen) atoms. The van der Waals surface area contributed by atoms with Crippen LogP contribution < -0.4 is 10.3 Å². The van der Waals surface area contributed by atoms with Crippen molar-refractivity contribution in [3.05, 3.63) is 45.7 Å². The number of quaternary nitrogens is 1. The number of rotatable bonds is 4. The monoisotopic (exact) mass is 329 g/mol. The molecular weight excluding hydrogens is 304 g/mol. The van der Waals surface area contributed by atoms with Gasteiger partial charge in [0.05, 0.1) is 25.3 Å². The number of carbonyl (C=O) groups is 1. The maximum absolute atomic E-state index is 13.0. The number of carbonyl (C=O) groups excluding carboxylic acids is 1. The fourth-order valence-corrected chi connectivity index (χ4v) is 3.63. The number of hydrogen-bond donors (Lipinski definition) is 2. The van der Waals surface area contributed by atoms with Crippen molar-refractivity contribution in [2.75, 3.05) is 19.7 Å². The lowest BCUT2D eigenvalue weighted by Gasteiger charge is -2.28. The molecule has 1 saturated heterocycles. The number of hydrogen-bond acceptors (Lipinski definition) is 3. The molecule has 1 aliphatic rings. The van der Waals surface area contributed by atoms with Crippen LogP contribution in [0, 0.1) is 5.92 Å². The van der Waals surface area contributed by atoms with Gasteiger partial charge in [0.15, 0.2) is 5.43 Å². The largest absolute Gasteiger partial charge is 0.461 e. The van der Waals surface area contributed by atoms with E-state index in [0.29, 0.717) is 41.2 Å². The molecule has 2 atom stereocenters. The van der Waals surface area contributed by atoms with Crippen LogP contribution in [0.5, 0.6) is 0 Å². The number of pyridine rings is 1. The summed E-state index contributed by atoms with van der Waals surface area (Å²) in [6, 6.07) is 7.32. The van der Waals surface area contributed by atoms with Crippen LogP contribution in [0.15, 0.2) is 29.1 Å². The number of benzene rings is 1. The molecule has 5 nitrogen and oxygen atoms in total. The minimum atomic E-state index is -0.445. The Morgan fingerprint density at radius 3 is 2.92 bits per heavy atom. The first-order valence-electron chi connectivity index (χ1n) is 8.74. The molecule has 1 aromatic carbocycles. The summed E-state index contributed by atoms with van der Waals surface area (Å²) in [5, 5.41) is 0.630. The van der Waals surface area contributed by atoms with Gasteiger partial charge in [0.1, 0.15) is 12.2 Å². The lowest BCUT2D eigenvalue weighted by Crippen LogP contribution is -3.12. The van der Waals surface area contributed by atoms with Crippen molar-refractivity contribution in [3.8, 4) is 0 Å². The molecule has 1 unspecified atom stereocenters. The average Bonchev–Trinajstić information content (AvgIpc) is 2.57. The number of para-hydroxylation sites is 1. The van der Waals surface area contributed by atoms with E-state index >= 15 is 0 Å². The molecule has 0 spiro atoms. The van der Waals surface area contributed by atoms with Gasteiger partial charge in [0, 0.05) is 16.8 Å². The second kappa shape index (κ2) is 7.18. The molecule has 5 heteroatoms. The van der Waals surface area contributed by atoms with Crippen molar-refractivity contribution in [1.82, 2.24) is 4.98 Å². The number of likely N-dealkylation sites (tertiary alicyclic amines) is 1. The second-order valence-electron chi connectivity index (χ2n) is 6.70. The van der Waals surface area contributed by atoms with Crippen molar-refractivity contribution in [2.45, 2.75) is 33.2 Å². The Morgan fingerprint density at radius 1 is 1.38 bits per heavy atom. The first-order chi connectivity index (χ1) is 11.6. The van der Waals surface area contributed by atoms with Gasteiger partial charge in [-0.2, -0.15) is 0 Å². The van der Waals surface area contributed by atoms with Gasteiger partial charge in [0.25, 0.3) is 0 Å². The predicted octanol–water partition coefficient (Wildman–Crippen LogP) is 1.52. The van der Waals surface area contributed by atoms with E-state index in [0.717, 1.165) is 19.5 Å². The Bertz CT molecular complexity index is 797. The van der Waals surface area contributed by atoms with Gasteiger partial charge in [-0.3, -0.25) is 4.79 Å². The molecule has 3 rings (SSSR count). The van der Waals surface area contributed by atoms with Crippen molar-refractivity contribution in [3.63, 3.8) is 0 Å². The Balaban J connectivity index is 2.05. The lowest BCUT2D eigenvalue weighted by atomic mass is 9.99. The van der Waals surface area contributed by atoms with Crippen LogP contribution in [0.3, 0.4) is 0 Å². The van der Waals surface area contributed by atoms with E-state index in [1.165, 1.54) is 11.3 Å². The molecule has 2 N–H and O–H groups in total. The summed E-state index contributed by atoms with van der Waals surface area (Å²) in [7, 11) is 0. The fraction of sp³-hybridized carbons (Fsp3) is 0.474. The van der Waals surface area contributed by atoms with Gasteiger partial charge in [-0.25, -0.2) is 4.79 Å². The molecular formula is C19H25N2O3+. The van der Waals surface area contributed by atoms with Crippen LogP contribution in [0.1, 0.15) is 42.7 Å². The zero-order chi connectivity index (χ0) is 17.1. The van der Waals surface area contributed by atoms with Gasteiger partial charge in [0.2, 0.25) is 0 Å². The van der Waals surface area contributed by atoms with E-state index in [-0.39, 0.29) is 5.43 Å². The van der Waals surface area contributed by atoms with Crippen LogP contribution in [0.25, 0.3) is 10.9 Å². The van der Waals surface area contributed by atoms with Gasteiger partial charge in [-0.15, -0.1) is 0 Å². The van der Waals surface area contributed by atoms with Crippen molar-refractivity contribution in [2.24, 2.45) is 5.92 Å². The first-order valence-corrected chi connectivity index (χ1v) is 8.74. The summed E-state index contributed by atoms with van der Waals surface area (Å²) >= 11 is 0. The predicted molar refractivity (Wildman–Crippen MR) is 93.3 cm³/mol. The highest BCUT2D eigenvalue weighted by molar-refractivity contribution is 5.92. The first kappa shape index (κ1) is 16.7. The highest BCUT2D eigenvalue weighted by Gasteiger charge is 2.25. The molecule has 0 amide bonds. The summed E-state index contributed by atoms with van der Waals surface area (Å²) < 4.78 is 5.16. The van der Waals surface area contributed by atoms with Crippen LogP contribution in [0.4, 0.5) is 0 Å². The molecule has 128 valence electrons. The summed E-state index contributed by atoms with van der Waals surface area (Å²) in [5.41, 5.74) is 1.48. The Morgan fingerprint density at radius 2 is 2.17 bits per heavy atom. The van der Waals surface area contributed by atoms with E-state index in [1.807, 2.05) is 18.2 Å².